The number of rotatable bonds is 9. The van der Waals surface area contributed by atoms with Crippen LogP contribution < -0.4 is 10.2 Å². The van der Waals surface area contributed by atoms with Crippen molar-refractivity contribution in [1.82, 2.24) is 5.32 Å². The number of anilines is 1. The van der Waals surface area contributed by atoms with Crippen LogP contribution >= 0.6 is 0 Å². The standard InChI is InChI=1S/C24H28N2O5/c1-2-31-24(30)20(14-12-17-8-4-3-5-9-17)25-19-15-13-18-10-6-7-11-21(18)26(23(19)29)16-22(27)28/h3-11,19-20,25H,2,12-16H2,1H3,(H,27,28)/t19-,20-/m1/s1. The first-order valence-electron chi connectivity index (χ1n) is 10.6. The highest BCUT2D eigenvalue weighted by Gasteiger charge is 2.34. The number of para-hydroxylation sites is 1. The predicted molar refractivity (Wildman–Crippen MR) is 117 cm³/mol. The van der Waals surface area contributed by atoms with Crippen molar-refractivity contribution in [2.45, 2.75) is 44.7 Å². The molecule has 2 N–H and O–H groups in total. The van der Waals surface area contributed by atoms with E-state index in [1.54, 1.807) is 19.1 Å². The molecule has 0 spiro atoms. The van der Waals surface area contributed by atoms with Crippen LogP contribution in [0.2, 0.25) is 0 Å². The topological polar surface area (TPSA) is 95.9 Å². The van der Waals surface area contributed by atoms with E-state index in [1.807, 2.05) is 42.5 Å². The number of carbonyl (C=O) groups excluding carboxylic acids is 2. The molecule has 1 heterocycles. The van der Waals surface area contributed by atoms with Gasteiger partial charge in [-0.25, -0.2) is 0 Å². The summed E-state index contributed by atoms with van der Waals surface area (Å²) in [5.74, 6) is -1.84. The van der Waals surface area contributed by atoms with E-state index in [-0.39, 0.29) is 12.5 Å². The van der Waals surface area contributed by atoms with Crippen LogP contribution in [0.25, 0.3) is 0 Å². The van der Waals surface area contributed by atoms with Gasteiger partial charge in [-0.1, -0.05) is 48.5 Å². The maximum Gasteiger partial charge on any atom is 0.323 e. The minimum absolute atomic E-state index is 0.248. The lowest BCUT2D eigenvalue weighted by atomic mass is 10.0. The fraction of sp³-hybridized carbons (Fsp3) is 0.375. The number of hydrogen-bond acceptors (Lipinski definition) is 5. The second kappa shape index (κ2) is 10.7. The molecule has 7 heteroatoms. The van der Waals surface area contributed by atoms with Crippen molar-refractivity contribution in [3.8, 4) is 0 Å². The number of carbonyl (C=O) groups is 3. The van der Waals surface area contributed by atoms with Crippen LogP contribution in [-0.2, 0) is 32.0 Å². The van der Waals surface area contributed by atoms with Gasteiger partial charge in [-0.05, 0) is 49.8 Å². The van der Waals surface area contributed by atoms with Gasteiger partial charge in [0.15, 0.2) is 0 Å². The van der Waals surface area contributed by atoms with Crippen LogP contribution in [0.5, 0.6) is 0 Å². The molecular formula is C24H28N2O5. The average molecular weight is 424 g/mol. The first-order chi connectivity index (χ1) is 15.0. The molecule has 2 aromatic rings. The molecule has 3 rings (SSSR count). The van der Waals surface area contributed by atoms with Crippen LogP contribution in [0.15, 0.2) is 54.6 Å². The lowest BCUT2D eigenvalue weighted by Crippen LogP contribution is -2.53. The summed E-state index contributed by atoms with van der Waals surface area (Å²) >= 11 is 0. The van der Waals surface area contributed by atoms with Gasteiger partial charge in [-0.2, -0.15) is 0 Å². The van der Waals surface area contributed by atoms with E-state index < -0.39 is 30.6 Å². The van der Waals surface area contributed by atoms with Crippen LogP contribution in [0.3, 0.4) is 0 Å². The molecule has 2 aromatic carbocycles. The molecule has 0 saturated heterocycles. The van der Waals surface area contributed by atoms with Crippen LogP contribution in [0.1, 0.15) is 30.9 Å². The molecule has 31 heavy (non-hydrogen) atoms. The van der Waals surface area contributed by atoms with E-state index in [9.17, 15) is 19.5 Å². The first-order valence-corrected chi connectivity index (χ1v) is 10.6. The monoisotopic (exact) mass is 424 g/mol. The Kier molecular flexibility index (Phi) is 7.78. The maximum atomic E-state index is 13.3. The predicted octanol–water partition coefficient (Wildman–Crippen LogP) is 2.57. The Morgan fingerprint density at radius 1 is 1.16 bits per heavy atom. The number of benzene rings is 2. The molecule has 0 fully saturated rings. The summed E-state index contributed by atoms with van der Waals surface area (Å²) in [6.45, 7) is 1.56. The van der Waals surface area contributed by atoms with Crippen molar-refractivity contribution >= 4 is 23.5 Å². The Bertz CT molecular complexity index is 915. The van der Waals surface area contributed by atoms with E-state index in [4.69, 9.17) is 4.74 Å². The van der Waals surface area contributed by atoms with Crippen molar-refractivity contribution in [3.63, 3.8) is 0 Å². The number of esters is 1. The number of nitrogens with one attached hydrogen (secondary N) is 1. The SMILES string of the molecule is CCOC(=O)[C@@H](CCc1ccccc1)N[C@@H]1CCc2ccccc2N(CC(=O)O)C1=O. The van der Waals surface area contributed by atoms with Gasteiger partial charge in [0, 0.05) is 5.69 Å². The third kappa shape index (κ3) is 5.92. The molecule has 0 saturated carbocycles. The van der Waals surface area contributed by atoms with E-state index in [0.717, 1.165) is 11.1 Å². The quantitative estimate of drug-likeness (QED) is 0.601. The van der Waals surface area contributed by atoms with Crippen molar-refractivity contribution in [2.75, 3.05) is 18.1 Å². The van der Waals surface area contributed by atoms with Gasteiger partial charge in [-0.15, -0.1) is 0 Å². The van der Waals surface area contributed by atoms with Gasteiger partial charge in [0.2, 0.25) is 5.91 Å². The molecule has 1 amide bonds. The zero-order valence-corrected chi connectivity index (χ0v) is 17.6. The number of amides is 1. The summed E-state index contributed by atoms with van der Waals surface area (Å²) < 4.78 is 5.23. The minimum atomic E-state index is -1.09. The van der Waals surface area contributed by atoms with Crippen LogP contribution in [0, 0.1) is 0 Å². The normalized spacial score (nSPS) is 16.9. The number of fused-ring (bicyclic) bond motifs is 1. The molecule has 2 atom stereocenters. The zero-order valence-electron chi connectivity index (χ0n) is 17.6. The maximum absolute atomic E-state index is 13.3. The van der Waals surface area contributed by atoms with Crippen molar-refractivity contribution in [1.29, 1.82) is 0 Å². The number of aryl methyl sites for hydroxylation is 2. The highest BCUT2D eigenvalue weighted by atomic mass is 16.5. The number of ether oxygens (including phenoxy) is 1. The Balaban J connectivity index is 1.79. The summed E-state index contributed by atoms with van der Waals surface area (Å²) in [6, 6.07) is 15.8. The first kappa shape index (κ1) is 22.5. The number of carboxylic acid groups (broad SMARTS) is 1. The molecular weight excluding hydrogens is 396 g/mol. The largest absolute Gasteiger partial charge is 0.480 e. The summed E-state index contributed by atoms with van der Waals surface area (Å²) in [7, 11) is 0. The van der Waals surface area contributed by atoms with E-state index in [0.29, 0.717) is 31.4 Å². The second-order valence-electron chi connectivity index (χ2n) is 7.53. The number of hydrogen-bond donors (Lipinski definition) is 2. The van der Waals surface area contributed by atoms with Crippen molar-refractivity contribution in [2.24, 2.45) is 0 Å². The molecule has 0 radical (unpaired) electrons. The summed E-state index contributed by atoms with van der Waals surface area (Å²) in [6.07, 6.45) is 2.19. The van der Waals surface area contributed by atoms with Gasteiger partial charge in [-0.3, -0.25) is 24.6 Å². The molecule has 1 aliphatic rings. The highest BCUT2D eigenvalue weighted by Crippen LogP contribution is 2.27. The lowest BCUT2D eigenvalue weighted by molar-refractivity contribution is -0.146. The molecule has 7 nitrogen and oxygen atoms in total. The van der Waals surface area contributed by atoms with E-state index in [1.165, 1.54) is 4.90 Å². The van der Waals surface area contributed by atoms with Gasteiger partial charge < -0.3 is 9.84 Å². The Labute approximate surface area is 182 Å². The molecule has 0 aromatic heterocycles. The zero-order chi connectivity index (χ0) is 22.2. The Morgan fingerprint density at radius 2 is 1.87 bits per heavy atom. The molecule has 0 bridgehead atoms. The fourth-order valence-corrected chi connectivity index (χ4v) is 3.88. The third-order valence-electron chi connectivity index (χ3n) is 5.38. The summed E-state index contributed by atoms with van der Waals surface area (Å²) in [4.78, 5) is 38.6. The third-order valence-corrected chi connectivity index (χ3v) is 5.38. The molecule has 164 valence electrons. The van der Waals surface area contributed by atoms with Crippen molar-refractivity contribution in [3.05, 3.63) is 65.7 Å². The number of nitrogens with zero attached hydrogens (tertiary/aromatic N) is 1. The lowest BCUT2D eigenvalue weighted by Gasteiger charge is -2.27. The van der Waals surface area contributed by atoms with Crippen LogP contribution in [0.4, 0.5) is 5.69 Å². The molecule has 0 aliphatic carbocycles. The molecule has 1 aliphatic heterocycles. The van der Waals surface area contributed by atoms with Gasteiger partial charge in [0.1, 0.15) is 12.6 Å². The number of carboxylic acids is 1. The van der Waals surface area contributed by atoms with E-state index in [2.05, 4.69) is 5.32 Å². The van der Waals surface area contributed by atoms with Gasteiger partial charge in [0.05, 0.1) is 12.6 Å². The Morgan fingerprint density at radius 3 is 2.58 bits per heavy atom. The highest BCUT2D eigenvalue weighted by molar-refractivity contribution is 6.02. The summed E-state index contributed by atoms with van der Waals surface area (Å²) in [5.41, 5.74) is 2.61. The van der Waals surface area contributed by atoms with Crippen molar-refractivity contribution < 1.29 is 24.2 Å². The van der Waals surface area contributed by atoms with Gasteiger partial charge >= 0.3 is 11.9 Å². The minimum Gasteiger partial charge on any atom is -0.480 e. The Hall–Kier alpha value is -3.19. The smallest absolute Gasteiger partial charge is 0.323 e. The average Bonchev–Trinajstić information content (AvgIpc) is 2.89. The van der Waals surface area contributed by atoms with Crippen LogP contribution in [-0.4, -0.2) is 48.2 Å². The second-order valence-corrected chi connectivity index (χ2v) is 7.53. The van der Waals surface area contributed by atoms with E-state index >= 15 is 0 Å². The summed E-state index contributed by atoms with van der Waals surface area (Å²) in [5, 5.41) is 12.5. The number of aliphatic carboxylic acids is 1. The van der Waals surface area contributed by atoms with Gasteiger partial charge in [0.25, 0.3) is 0 Å². The fourth-order valence-electron chi connectivity index (χ4n) is 3.88. The molecule has 0 unspecified atom stereocenters.